The Bertz CT molecular complexity index is 920. The van der Waals surface area contributed by atoms with Crippen molar-refractivity contribution in [1.82, 2.24) is 9.97 Å². The summed E-state index contributed by atoms with van der Waals surface area (Å²) in [6.45, 7) is 0. The fourth-order valence-corrected chi connectivity index (χ4v) is 4.54. The Labute approximate surface area is 141 Å². The molecule has 0 fully saturated rings. The topological polar surface area (TPSA) is 38.1 Å². The Morgan fingerprint density at radius 3 is 2.78 bits per heavy atom. The van der Waals surface area contributed by atoms with E-state index in [1.54, 1.807) is 18.1 Å². The lowest BCUT2D eigenvalue weighted by molar-refractivity contribution is 1.09. The van der Waals surface area contributed by atoms with E-state index in [9.17, 15) is 0 Å². The average molecular weight is 336 g/mol. The van der Waals surface area contributed by atoms with Crippen LogP contribution < -0.4 is 0 Å². The molecule has 4 rings (SSSR count). The van der Waals surface area contributed by atoms with E-state index in [2.05, 4.69) is 50.9 Å². The maximum atomic E-state index is 4.50. The molecule has 0 saturated heterocycles. The standard InChI is InChI=1S/C18H14N3S2/c1-23-8-7-19-11-13-9-16-15(10-17(13)23)18(21-12-20-16)22-14-5-3-2-4-6-14/h2-12H,1H3/q+1. The van der Waals surface area contributed by atoms with Gasteiger partial charge >= 0.3 is 0 Å². The Hall–Kier alpha value is -2.11. The summed E-state index contributed by atoms with van der Waals surface area (Å²) in [5, 5.41) is 4.23. The van der Waals surface area contributed by atoms with Gasteiger partial charge in [0.2, 0.25) is 0 Å². The van der Waals surface area contributed by atoms with Gasteiger partial charge in [0.15, 0.2) is 4.90 Å². The van der Waals surface area contributed by atoms with Crippen LogP contribution in [0, 0.1) is 0 Å². The van der Waals surface area contributed by atoms with Gasteiger partial charge in [-0.3, -0.25) is 4.99 Å². The molecule has 0 radical (unpaired) electrons. The predicted molar refractivity (Wildman–Crippen MR) is 98.4 cm³/mol. The quantitative estimate of drug-likeness (QED) is 0.517. The van der Waals surface area contributed by atoms with Gasteiger partial charge in [-0.15, -0.1) is 0 Å². The molecule has 0 saturated carbocycles. The normalized spacial score (nSPS) is 16.3. The van der Waals surface area contributed by atoms with Crippen LogP contribution in [0.25, 0.3) is 10.9 Å². The van der Waals surface area contributed by atoms with E-state index in [1.165, 1.54) is 9.79 Å². The molecule has 0 N–H and O–H groups in total. The maximum absolute atomic E-state index is 4.50. The number of aromatic nitrogens is 2. The molecule has 23 heavy (non-hydrogen) atoms. The summed E-state index contributed by atoms with van der Waals surface area (Å²) in [5.74, 6) is 0. The number of fused-ring (bicyclic) bond motifs is 2. The fourth-order valence-electron chi connectivity index (χ4n) is 2.46. The van der Waals surface area contributed by atoms with Crippen LogP contribution in [-0.2, 0) is 10.9 Å². The molecular weight excluding hydrogens is 322 g/mol. The highest BCUT2D eigenvalue weighted by Crippen LogP contribution is 2.33. The van der Waals surface area contributed by atoms with Crippen LogP contribution in [0.5, 0.6) is 0 Å². The summed E-state index contributed by atoms with van der Waals surface area (Å²) in [6.07, 6.45) is 7.63. The number of benzene rings is 2. The highest BCUT2D eigenvalue weighted by molar-refractivity contribution is 7.99. The molecule has 3 nitrogen and oxygen atoms in total. The van der Waals surface area contributed by atoms with Gasteiger partial charge in [-0.2, -0.15) is 0 Å². The Morgan fingerprint density at radius 2 is 1.91 bits per heavy atom. The first-order valence-electron chi connectivity index (χ1n) is 7.17. The predicted octanol–water partition coefficient (Wildman–Crippen LogP) is 4.29. The molecule has 0 spiro atoms. The third kappa shape index (κ3) is 2.90. The number of rotatable bonds is 2. The molecule has 112 valence electrons. The second-order valence-electron chi connectivity index (χ2n) is 5.12. The van der Waals surface area contributed by atoms with Crippen LogP contribution in [-0.4, -0.2) is 22.4 Å². The van der Waals surface area contributed by atoms with Crippen molar-refractivity contribution in [2.75, 3.05) is 6.26 Å². The minimum Gasteiger partial charge on any atom is -0.259 e. The first kappa shape index (κ1) is 14.5. The monoisotopic (exact) mass is 336 g/mol. The molecule has 1 atom stereocenters. The van der Waals surface area contributed by atoms with Gasteiger partial charge in [0.1, 0.15) is 23.0 Å². The zero-order chi connectivity index (χ0) is 15.6. The molecule has 2 heterocycles. The molecule has 2 aromatic carbocycles. The van der Waals surface area contributed by atoms with Gasteiger partial charge in [0, 0.05) is 22.6 Å². The van der Waals surface area contributed by atoms with Crippen molar-refractivity contribution in [3.8, 4) is 0 Å². The molecule has 5 heteroatoms. The van der Waals surface area contributed by atoms with E-state index >= 15 is 0 Å². The van der Waals surface area contributed by atoms with Gasteiger partial charge in [0.05, 0.1) is 28.2 Å². The van der Waals surface area contributed by atoms with E-state index in [-0.39, 0.29) is 10.9 Å². The van der Waals surface area contributed by atoms with E-state index < -0.39 is 0 Å². The van der Waals surface area contributed by atoms with Crippen LogP contribution in [0.3, 0.4) is 0 Å². The molecule has 0 bridgehead atoms. The van der Waals surface area contributed by atoms with Crippen molar-refractivity contribution in [3.63, 3.8) is 0 Å². The van der Waals surface area contributed by atoms with E-state index in [0.29, 0.717) is 0 Å². The van der Waals surface area contributed by atoms with Crippen molar-refractivity contribution in [3.05, 3.63) is 66.0 Å². The largest absolute Gasteiger partial charge is 0.259 e. The average Bonchev–Trinajstić information content (AvgIpc) is 2.76. The van der Waals surface area contributed by atoms with Crippen molar-refractivity contribution < 1.29 is 0 Å². The molecule has 0 aliphatic carbocycles. The maximum Gasteiger partial charge on any atom is 0.169 e. The zero-order valence-corrected chi connectivity index (χ0v) is 14.1. The minimum atomic E-state index is 0.0364. The Balaban J connectivity index is 1.87. The third-order valence-electron chi connectivity index (χ3n) is 3.60. The van der Waals surface area contributed by atoms with Gasteiger partial charge in [-0.1, -0.05) is 30.0 Å². The highest BCUT2D eigenvalue weighted by Gasteiger charge is 2.21. The van der Waals surface area contributed by atoms with E-state index in [4.69, 9.17) is 0 Å². The zero-order valence-electron chi connectivity index (χ0n) is 12.5. The Kier molecular flexibility index (Phi) is 3.89. The Morgan fingerprint density at radius 1 is 1.04 bits per heavy atom. The van der Waals surface area contributed by atoms with Crippen molar-refractivity contribution >= 4 is 39.8 Å². The second kappa shape index (κ2) is 6.18. The van der Waals surface area contributed by atoms with Crippen molar-refractivity contribution in [2.24, 2.45) is 4.99 Å². The van der Waals surface area contributed by atoms with Gasteiger partial charge < -0.3 is 0 Å². The first-order chi connectivity index (χ1) is 11.3. The van der Waals surface area contributed by atoms with Crippen molar-refractivity contribution in [2.45, 2.75) is 14.8 Å². The molecular formula is C18H14N3S2+. The molecule has 1 aromatic heterocycles. The first-order valence-corrected chi connectivity index (χ1v) is 9.69. The molecule has 1 aliphatic heterocycles. The van der Waals surface area contributed by atoms with Gasteiger partial charge in [-0.25, -0.2) is 9.97 Å². The van der Waals surface area contributed by atoms with Gasteiger partial charge in [-0.05, 0) is 18.2 Å². The summed E-state index contributed by atoms with van der Waals surface area (Å²) in [7, 11) is 0.0364. The lowest BCUT2D eigenvalue weighted by Gasteiger charge is -2.07. The third-order valence-corrected chi connectivity index (χ3v) is 6.20. The summed E-state index contributed by atoms with van der Waals surface area (Å²) in [5.41, 5.74) is 2.10. The SMILES string of the molecule is C[S+]1C=CN=Cc2cc3ncnc(Sc4ccccc4)c3cc21. The molecule has 3 aromatic rings. The van der Waals surface area contributed by atoms with E-state index in [0.717, 1.165) is 21.5 Å². The van der Waals surface area contributed by atoms with Crippen LogP contribution in [0.4, 0.5) is 0 Å². The summed E-state index contributed by atoms with van der Waals surface area (Å²) >= 11 is 1.67. The molecule has 1 aliphatic rings. The lowest BCUT2D eigenvalue weighted by Crippen LogP contribution is -2.00. The molecule has 1 unspecified atom stereocenters. The highest BCUT2D eigenvalue weighted by atomic mass is 32.2. The lowest BCUT2D eigenvalue weighted by atomic mass is 10.1. The fraction of sp³-hybridized carbons (Fsp3) is 0.0556. The van der Waals surface area contributed by atoms with Crippen LogP contribution in [0.15, 0.2) is 80.2 Å². The van der Waals surface area contributed by atoms with Crippen LogP contribution in [0.2, 0.25) is 0 Å². The summed E-state index contributed by atoms with van der Waals surface area (Å²) in [6, 6.07) is 14.6. The summed E-state index contributed by atoms with van der Waals surface area (Å²) in [4.78, 5) is 15.7. The number of hydrogen-bond acceptors (Lipinski definition) is 4. The number of aliphatic imine (C=N–C) groups is 1. The van der Waals surface area contributed by atoms with Crippen LogP contribution >= 0.6 is 11.8 Å². The summed E-state index contributed by atoms with van der Waals surface area (Å²) < 4.78 is 0. The number of nitrogens with zero attached hydrogens (tertiary/aromatic N) is 3. The molecule has 0 amide bonds. The van der Waals surface area contributed by atoms with E-state index in [1.807, 2.05) is 30.6 Å². The van der Waals surface area contributed by atoms with Crippen molar-refractivity contribution in [1.29, 1.82) is 0 Å². The second-order valence-corrected chi connectivity index (χ2v) is 8.01. The van der Waals surface area contributed by atoms with Gasteiger partial charge in [0.25, 0.3) is 0 Å². The smallest absolute Gasteiger partial charge is 0.169 e. The minimum absolute atomic E-state index is 0.0364. The number of hydrogen-bond donors (Lipinski definition) is 0. The van der Waals surface area contributed by atoms with Crippen LogP contribution in [0.1, 0.15) is 5.56 Å².